The van der Waals surface area contributed by atoms with Gasteiger partial charge in [0.05, 0.1) is 5.60 Å². The summed E-state index contributed by atoms with van der Waals surface area (Å²) in [6.45, 7) is 4.38. The molecule has 0 bridgehead atoms. The summed E-state index contributed by atoms with van der Waals surface area (Å²) in [5, 5.41) is 12.9. The first-order valence-electron chi connectivity index (χ1n) is 6.42. The second-order valence-electron chi connectivity index (χ2n) is 5.18. The van der Waals surface area contributed by atoms with Gasteiger partial charge in [-0.3, -0.25) is 0 Å². The fourth-order valence-corrected chi connectivity index (χ4v) is 3.58. The van der Waals surface area contributed by atoms with Gasteiger partial charge in [0.2, 0.25) is 0 Å². The Labute approximate surface area is 103 Å². The van der Waals surface area contributed by atoms with Gasteiger partial charge in [-0.05, 0) is 55.5 Å². The highest BCUT2D eigenvalue weighted by Crippen LogP contribution is 2.39. The van der Waals surface area contributed by atoms with Crippen molar-refractivity contribution in [2.75, 3.05) is 0 Å². The molecule has 2 atom stereocenters. The zero-order valence-electron chi connectivity index (χ0n) is 10.3. The van der Waals surface area contributed by atoms with Crippen LogP contribution in [-0.2, 0) is 5.60 Å². The SMILES string of the molecule is CCC1CCCC(O)(c2csc(C)c2)CC1. The van der Waals surface area contributed by atoms with Crippen LogP contribution in [0.4, 0.5) is 0 Å². The molecule has 1 aromatic heterocycles. The second-order valence-corrected chi connectivity index (χ2v) is 6.30. The van der Waals surface area contributed by atoms with Crippen molar-refractivity contribution in [3.05, 3.63) is 21.9 Å². The first-order chi connectivity index (χ1) is 7.64. The van der Waals surface area contributed by atoms with E-state index in [-0.39, 0.29) is 0 Å². The van der Waals surface area contributed by atoms with Crippen molar-refractivity contribution in [1.82, 2.24) is 0 Å². The summed E-state index contributed by atoms with van der Waals surface area (Å²) in [6.07, 6.45) is 6.80. The molecule has 90 valence electrons. The van der Waals surface area contributed by atoms with Crippen molar-refractivity contribution in [1.29, 1.82) is 0 Å². The molecule has 1 aromatic rings. The molecule has 1 heterocycles. The van der Waals surface area contributed by atoms with Gasteiger partial charge in [-0.2, -0.15) is 0 Å². The van der Waals surface area contributed by atoms with Gasteiger partial charge in [0.15, 0.2) is 0 Å². The van der Waals surface area contributed by atoms with Crippen LogP contribution in [-0.4, -0.2) is 5.11 Å². The third-order valence-electron chi connectivity index (χ3n) is 4.01. The molecule has 0 aromatic carbocycles. The standard InChI is InChI=1S/C14H22OS/c1-3-12-5-4-7-14(15,8-6-12)13-9-11(2)16-10-13/h9-10,12,15H,3-8H2,1-2H3. The molecule has 0 saturated heterocycles. The van der Waals surface area contributed by atoms with Crippen molar-refractivity contribution in [3.8, 4) is 0 Å². The number of aryl methyl sites for hydroxylation is 1. The van der Waals surface area contributed by atoms with Crippen LogP contribution in [0.25, 0.3) is 0 Å². The molecule has 2 heteroatoms. The molecule has 1 aliphatic carbocycles. The largest absolute Gasteiger partial charge is 0.385 e. The molecule has 16 heavy (non-hydrogen) atoms. The van der Waals surface area contributed by atoms with Crippen LogP contribution >= 0.6 is 11.3 Å². The Balaban J connectivity index is 2.13. The van der Waals surface area contributed by atoms with E-state index in [1.807, 2.05) is 0 Å². The molecule has 1 aliphatic rings. The molecular formula is C14H22OS. The summed E-state index contributed by atoms with van der Waals surface area (Å²) < 4.78 is 0. The summed E-state index contributed by atoms with van der Waals surface area (Å²) in [6, 6.07) is 2.16. The minimum atomic E-state index is -0.533. The Hall–Kier alpha value is -0.340. The van der Waals surface area contributed by atoms with Crippen LogP contribution in [0.2, 0.25) is 0 Å². The normalized spacial score (nSPS) is 31.3. The zero-order chi connectivity index (χ0) is 11.6. The average Bonchev–Trinajstić information content (AvgIpc) is 2.61. The van der Waals surface area contributed by atoms with E-state index in [4.69, 9.17) is 0 Å². The van der Waals surface area contributed by atoms with Gasteiger partial charge in [-0.1, -0.05) is 19.8 Å². The molecule has 0 spiro atoms. The predicted molar refractivity (Wildman–Crippen MR) is 69.8 cm³/mol. The Kier molecular flexibility index (Phi) is 3.70. The van der Waals surface area contributed by atoms with Crippen LogP contribution in [0.5, 0.6) is 0 Å². The van der Waals surface area contributed by atoms with Gasteiger partial charge in [-0.25, -0.2) is 0 Å². The zero-order valence-corrected chi connectivity index (χ0v) is 11.1. The molecule has 2 rings (SSSR count). The highest BCUT2D eigenvalue weighted by molar-refractivity contribution is 7.10. The Morgan fingerprint density at radius 3 is 2.88 bits per heavy atom. The summed E-state index contributed by atoms with van der Waals surface area (Å²) in [7, 11) is 0. The minimum absolute atomic E-state index is 0.533. The lowest BCUT2D eigenvalue weighted by molar-refractivity contribution is 0.0200. The van der Waals surface area contributed by atoms with Crippen molar-refractivity contribution in [2.45, 2.75) is 58.0 Å². The lowest BCUT2D eigenvalue weighted by Crippen LogP contribution is -2.24. The van der Waals surface area contributed by atoms with E-state index in [1.54, 1.807) is 11.3 Å². The maximum atomic E-state index is 10.8. The van der Waals surface area contributed by atoms with Crippen molar-refractivity contribution >= 4 is 11.3 Å². The van der Waals surface area contributed by atoms with E-state index in [2.05, 4.69) is 25.3 Å². The molecule has 1 saturated carbocycles. The Bertz CT molecular complexity index is 344. The summed E-state index contributed by atoms with van der Waals surface area (Å²) in [4.78, 5) is 1.31. The smallest absolute Gasteiger partial charge is 0.0904 e. The monoisotopic (exact) mass is 238 g/mol. The Morgan fingerprint density at radius 2 is 2.25 bits per heavy atom. The van der Waals surface area contributed by atoms with Gasteiger partial charge in [0, 0.05) is 4.88 Å². The van der Waals surface area contributed by atoms with Crippen LogP contribution < -0.4 is 0 Å². The van der Waals surface area contributed by atoms with Crippen LogP contribution in [0, 0.1) is 12.8 Å². The van der Waals surface area contributed by atoms with Gasteiger partial charge < -0.3 is 5.11 Å². The molecule has 2 unspecified atom stereocenters. The highest BCUT2D eigenvalue weighted by Gasteiger charge is 2.32. The fraction of sp³-hybridized carbons (Fsp3) is 0.714. The summed E-state index contributed by atoms with van der Waals surface area (Å²) in [5.41, 5.74) is 0.626. The predicted octanol–water partition coefficient (Wildman–Crippen LogP) is 4.23. The van der Waals surface area contributed by atoms with Crippen molar-refractivity contribution < 1.29 is 5.11 Å². The summed E-state index contributed by atoms with van der Waals surface area (Å²) in [5.74, 6) is 0.828. The number of hydrogen-bond acceptors (Lipinski definition) is 2. The molecule has 0 radical (unpaired) electrons. The van der Waals surface area contributed by atoms with Gasteiger partial charge in [-0.15, -0.1) is 11.3 Å². The van der Waals surface area contributed by atoms with Gasteiger partial charge in [0.25, 0.3) is 0 Å². The van der Waals surface area contributed by atoms with E-state index < -0.39 is 5.60 Å². The topological polar surface area (TPSA) is 20.2 Å². The molecule has 1 N–H and O–H groups in total. The van der Waals surface area contributed by atoms with E-state index in [9.17, 15) is 5.11 Å². The van der Waals surface area contributed by atoms with E-state index in [0.29, 0.717) is 0 Å². The fourth-order valence-electron chi connectivity index (χ4n) is 2.78. The third kappa shape index (κ3) is 2.49. The molecule has 0 aliphatic heterocycles. The Morgan fingerprint density at radius 1 is 1.44 bits per heavy atom. The van der Waals surface area contributed by atoms with Crippen LogP contribution in [0.3, 0.4) is 0 Å². The number of hydrogen-bond donors (Lipinski definition) is 1. The maximum absolute atomic E-state index is 10.8. The third-order valence-corrected chi connectivity index (χ3v) is 4.88. The highest BCUT2D eigenvalue weighted by atomic mass is 32.1. The molecule has 1 nitrogen and oxygen atoms in total. The van der Waals surface area contributed by atoms with Gasteiger partial charge in [0.1, 0.15) is 0 Å². The average molecular weight is 238 g/mol. The van der Waals surface area contributed by atoms with E-state index >= 15 is 0 Å². The van der Waals surface area contributed by atoms with Gasteiger partial charge >= 0.3 is 0 Å². The first kappa shape index (κ1) is 12.1. The number of thiophene rings is 1. The maximum Gasteiger partial charge on any atom is 0.0904 e. The number of aliphatic hydroxyl groups is 1. The van der Waals surface area contributed by atoms with Crippen molar-refractivity contribution in [3.63, 3.8) is 0 Å². The molecule has 1 fully saturated rings. The first-order valence-corrected chi connectivity index (χ1v) is 7.30. The lowest BCUT2D eigenvalue weighted by atomic mass is 9.87. The molecular weight excluding hydrogens is 216 g/mol. The summed E-state index contributed by atoms with van der Waals surface area (Å²) >= 11 is 1.75. The van der Waals surface area contributed by atoms with Crippen molar-refractivity contribution in [2.24, 2.45) is 5.92 Å². The lowest BCUT2D eigenvalue weighted by Gasteiger charge is -2.26. The van der Waals surface area contributed by atoms with Crippen LogP contribution in [0.15, 0.2) is 11.4 Å². The van der Waals surface area contributed by atoms with E-state index in [1.165, 1.54) is 30.6 Å². The molecule has 0 amide bonds. The van der Waals surface area contributed by atoms with E-state index in [0.717, 1.165) is 24.3 Å². The quantitative estimate of drug-likeness (QED) is 0.764. The van der Waals surface area contributed by atoms with Crippen LogP contribution in [0.1, 0.15) is 55.9 Å². The minimum Gasteiger partial charge on any atom is -0.385 e. The number of rotatable bonds is 2. The second kappa shape index (κ2) is 4.89.